The Morgan fingerprint density at radius 1 is 1.06 bits per heavy atom. The molecule has 0 N–H and O–H groups in total. The van der Waals surface area contributed by atoms with Crippen LogP contribution >= 0.6 is 0 Å². The molecule has 1 rings (SSSR count). The lowest BCUT2D eigenvalue weighted by Crippen LogP contribution is -1.90. The molecule has 0 spiro atoms. The zero-order valence-corrected chi connectivity index (χ0v) is 12.3. The van der Waals surface area contributed by atoms with Crippen molar-refractivity contribution >= 4 is 0 Å². The highest BCUT2D eigenvalue weighted by atomic mass is 16.5. The van der Waals surface area contributed by atoms with E-state index in [1.54, 1.807) is 6.08 Å². The summed E-state index contributed by atoms with van der Waals surface area (Å²) in [6.45, 7) is 13.5. The maximum atomic E-state index is 5.59. The Hall–Kier alpha value is -1.76. The highest BCUT2D eigenvalue weighted by molar-refractivity contribution is 5.26. The van der Waals surface area contributed by atoms with Crippen molar-refractivity contribution in [3.63, 3.8) is 0 Å². The highest BCUT2D eigenvalue weighted by Gasteiger charge is 1.93. The summed E-state index contributed by atoms with van der Waals surface area (Å²) in [5.41, 5.74) is 0. The van der Waals surface area contributed by atoms with Gasteiger partial charge < -0.3 is 4.74 Å². The number of allylic oxidation sites excluding steroid dienone is 4. The van der Waals surface area contributed by atoms with Gasteiger partial charge in [-0.2, -0.15) is 0 Å². The molecule has 0 atom stereocenters. The van der Waals surface area contributed by atoms with Crippen molar-refractivity contribution in [2.24, 2.45) is 0 Å². The summed E-state index contributed by atoms with van der Waals surface area (Å²) in [5.74, 6) is 1.66. The fourth-order valence-electron chi connectivity index (χ4n) is 0.977. The molecule has 0 saturated heterocycles. The normalized spacial score (nSPS) is 9.72. The lowest BCUT2D eigenvalue weighted by Gasteiger charge is -2.04. The van der Waals surface area contributed by atoms with Crippen LogP contribution in [-0.4, -0.2) is 0 Å². The molecule has 0 aliphatic rings. The van der Waals surface area contributed by atoms with Gasteiger partial charge in [-0.3, -0.25) is 0 Å². The minimum Gasteiger partial charge on any atom is -0.458 e. The van der Waals surface area contributed by atoms with Gasteiger partial charge in [0.25, 0.3) is 0 Å². The molecule has 0 bridgehead atoms. The minimum absolute atomic E-state index is 0.816. The smallest absolute Gasteiger partial charge is 0.127 e. The third-order valence-corrected chi connectivity index (χ3v) is 1.66. The van der Waals surface area contributed by atoms with Crippen molar-refractivity contribution in [3.8, 4) is 5.75 Å². The summed E-state index contributed by atoms with van der Waals surface area (Å²) >= 11 is 0. The number of hydrogen-bond donors (Lipinski definition) is 0. The predicted molar refractivity (Wildman–Crippen MR) is 82.9 cm³/mol. The van der Waals surface area contributed by atoms with Crippen LogP contribution in [0.1, 0.15) is 34.6 Å². The van der Waals surface area contributed by atoms with Gasteiger partial charge in [-0.1, -0.05) is 64.6 Å². The minimum atomic E-state index is 0.816. The Morgan fingerprint density at radius 3 is 2.06 bits per heavy atom. The van der Waals surface area contributed by atoms with Crippen LogP contribution in [-0.2, 0) is 0 Å². The molecule has 0 fully saturated rings. The topological polar surface area (TPSA) is 9.23 Å². The van der Waals surface area contributed by atoms with E-state index in [1.807, 2.05) is 83.2 Å². The van der Waals surface area contributed by atoms with E-state index in [4.69, 9.17) is 4.74 Å². The average molecular weight is 246 g/mol. The van der Waals surface area contributed by atoms with Gasteiger partial charge in [0.05, 0.1) is 0 Å². The number of benzene rings is 1. The fraction of sp³-hybridized carbons (Fsp3) is 0.294. The van der Waals surface area contributed by atoms with E-state index in [2.05, 4.69) is 6.58 Å². The summed E-state index contributed by atoms with van der Waals surface area (Å²) < 4.78 is 5.59. The third kappa shape index (κ3) is 9.46. The summed E-state index contributed by atoms with van der Waals surface area (Å²) in [6, 6.07) is 9.69. The monoisotopic (exact) mass is 246 g/mol. The van der Waals surface area contributed by atoms with E-state index in [9.17, 15) is 0 Å². The van der Waals surface area contributed by atoms with Crippen LogP contribution in [0.4, 0.5) is 0 Å². The molecule has 1 aromatic rings. The quantitative estimate of drug-likeness (QED) is 0.484. The van der Waals surface area contributed by atoms with Crippen LogP contribution in [0, 0.1) is 0 Å². The van der Waals surface area contributed by atoms with Crippen LogP contribution in [0.3, 0.4) is 0 Å². The summed E-state index contributed by atoms with van der Waals surface area (Å²) in [6.07, 6.45) is 7.35. The molecule has 100 valence electrons. The fourth-order valence-corrected chi connectivity index (χ4v) is 0.977. The first-order valence-electron chi connectivity index (χ1n) is 6.55. The van der Waals surface area contributed by atoms with Gasteiger partial charge in [-0.05, 0) is 31.2 Å². The zero-order chi connectivity index (χ0) is 14.2. The average Bonchev–Trinajstić information content (AvgIpc) is 2.48. The molecule has 0 aromatic heterocycles. The molecule has 1 nitrogen and oxygen atoms in total. The maximum absolute atomic E-state index is 5.59. The molecule has 18 heavy (non-hydrogen) atoms. The van der Waals surface area contributed by atoms with E-state index >= 15 is 0 Å². The van der Waals surface area contributed by atoms with Crippen LogP contribution < -0.4 is 4.74 Å². The van der Waals surface area contributed by atoms with E-state index < -0.39 is 0 Å². The van der Waals surface area contributed by atoms with Crippen molar-refractivity contribution < 1.29 is 4.74 Å². The number of para-hydroxylation sites is 1. The Balaban J connectivity index is 0. The van der Waals surface area contributed by atoms with Gasteiger partial charge >= 0.3 is 0 Å². The SMILES string of the molecule is C=C/C=C\C(=C/C)Oc1ccccc1.CC.CC. The molecule has 0 amide bonds. The van der Waals surface area contributed by atoms with Crippen LogP contribution in [0.2, 0.25) is 0 Å². The van der Waals surface area contributed by atoms with E-state index in [0.29, 0.717) is 0 Å². The molecule has 1 heteroatoms. The van der Waals surface area contributed by atoms with Crippen molar-refractivity contribution in [3.05, 3.63) is 67.0 Å². The van der Waals surface area contributed by atoms with E-state index in [1.165, 1.54) is 0 Å². The van der Waals surface area contributed by atoms with Crippen molar-refractivity contribution in [1.82, 2.24) is 0 Å². The van der Waals surface area contributed by atoms with Crippen LogP contribution in [0.5, 0.6) is 5.75 Å². The Bertz CT molecular complexity index is 334. The zero-order valence-electron chi connectivity index (χ0n) is 12.3. The Morgan fingerprint density at radius 2 is 1.61 bits per heavy atom. The molecular weight excluding hydrogens is 220 g/mol. The molecular formula is C17H26O. The summed E-state index contributed by atoms with van der Waals surface area (Å²) in [7, 11) is 0. The number of ether oxygens (including phenoxy) is 1. The highest BCUT2D eigenvalue weighted by Crippen LogP contribution is 2.13. The first-order valence-corrected chi connectivity index (χ1v) is 6.55. The largest absolute Gasteiger partial charge is 0.458 e. The molecule has 0 saturated carbocycles. The lowest BCUT2D eigenvalue weighted by atomic mass is 10.3. The Labute approximate surface area is 113 Å². The van der Waals surface area contributed by atoms with Crippen LogP contribution in [0.15, 0.2) is 67.0 Å². The number of hydrogen-bond acceptors (Lipinski definition) is 1. The van der Waals surface area contributed by atoms with Crippen LogP contribution in [0.25, 0.3) is 0 Å². The summed E-state index contributed by atoms with van der Waals surface area (Å²) in [5, 5.41) is 0. The third-order valence-electron chi connectivity index (χ3n) is 1.66. The van der Waals surface area contributed by atoms with Gasteiger partial charge in [0, 0.05) is 0 Å². The predicted octanol–water partition coefficient (Wildman–Crippen LogP) is 5.76. The molecule has 0 aliphatic heterocycles. The first kappa shape index (κ1) is 18.6. The molecule has 0 aliphatic carbocycles. The first-order chi connectivity index (χ1) is 8.86. The van der Waals surface area contributed by atoms with Gasteiger partial charge in [-0.15, -0.1) is 0 Å². The standard InChI is InChI=1S/C13H14O.2C2H6/c1-3-5-9-12(4-2)14-13-10-7-6-8-11-13;2*1-2/h3-11H,1H2,2H3;2*1-2H3/b9-5-,12-4+;;. The summed E-state index contributed by atoms with van der Waals surface area (Å²) in [4.78, 5) is 0. The van der Waals surface area contributed by atoms with Gasteiger partial charge in [0.1, 0.15) is 11.5 Å². The van der Waals surface area contributed by atoms with E-state index in [0.717, 1.165) is 11.5 Å². The molecule has 0 unspecified atom stereocenters. The maximum Gasteiger partial charge on any atom is 0.127 e. The second-order valence-electron chi connectivity index (χ2n) is 2.70. The molecule has 0 heterocycles. The Kier molecular flexibility index (Phi) is 15.7. The lowest BCUT2D eigenvalue weighted by molar-refractivity contribution is 0.443. The van der Waals surface area contributed by atoms with Gasteiger partial charge in [-0.25, -0.2) is 0 Å². The number of rotatable bonds is 4. The van der Waals surface area contributed by atoms with Gasteiger partial charge in [0.15, 0.2) is 0 Å². The van der Waals surface area contributed by atoms with Crippen molar-refractivity contribution in [2.75, 3.05) is 0 Å². The van der Waals surface area contributed by atoms with Gasteiger partial charge in [0.2, 0.25) is 0 Å². The molecule has 1 aromatic carbocycles. The second kappa shape index (κ2) is 15.2. The van der Waals surface area contributed by atoms with Crippen molar-refractivity contribution in [2.45, 2.75) is 34.6 Å². The van der Waals surface area contributed by atoms with E-state index in [-0.39, 0.29) is 0 Å². The molecule has 0 radical (unpaired) electrons. The second-order valence-corrected chi connectivity index (χ2v) is 2.70. The van der Waals surface area contributed by atoms with Crippen molar-refractivity contribution in [1.29, 1.82) is 0 Å².